The van der Waals surface area contributed by atoms with Crippen LogP contribution in [0.25, 0.3) is 10.9 Å². The average Bonchev–Trinajstić information content (AvgIpc) is 2.74. The fourth-order valence-electron chi connectivity index (χ4n) is 1.89. The van der Waals surface area contributed by atoms with E-state index < -0.39 is 0 Å². The SMILES string of the molecule is COC(=O)c1cc2ccccc2n1CCC#N. The highest BCUT2D eigenvalue weighted by Gasteiger charge is 2.15. The minimum atomic E-state index is -0.376. The van der Waals surface area contributed by atoms with Gasteiger partial charge in [-0.05, 0) is 12.1 Å². The van der Waals surface area contributed by atoms with Gasteiger partial charge in [-0.1, -0.05) is 18.2 Å². The van der Waals surface area contributed by atoms with E-state index in [2.05, 4.69) is 6.07 Å². The highest BCUT2D eigenvalue weighted by molar-refractivity contribution is 5.95. The first-order valence-electron chi connectivity index (χ1n) is 5.31. The molecule has 0 radical (unpaired) electrons. The van der Waals surface area contributed by atoms with Crippen molar-refractivity contribution in [2.75, 3.05) is 7.11 Å². The van der Waals surface area contributed by atoms with Gasteiger partial charge in [-0.15, -0.1) is 0 Å². The van der Waals surface area contributed by atoms with Gasteiger partial charge >= 0.3 is 5.97 Å². The first-order chi connectivity index (χ1) is 8.27. The van der Waals surface area contributed by atoms with E-state index >= 15 is 0 Å². The largest absolute Gasteiger partial charge is 0.464 e. The molecule has 2 rings (SSSR count). The van der Waals surface area contributed by atoms with E-state index in [9.17, 15) is 4.79 Å². The Hall–Kier alpha value is -2.28. The normalized spacial score (nSPS) is 10.1. The number of carbonyl (C=O) groups excluding carboxylic acids is 1. The summed E-state index contributed by atoms with van der Waals surface area (Å²) in [5, 5.41) is 9.62. The lowest BCUT2D eigenvalue weighted by Gasteiger charge is -2.06. The Morgan fingerprint density at radius 1 is 1.47 bits per heavy atom. The molecule has 0 saturated carbocycles. The van der Waals surface area contributed by atoms with Crippen LogP contribution in [-0.2, 0) is 11.3 Å². The van der Waals surface area contributed by atoms with Crippen molar-refractivity contribution in [3.8, 4) is 6.07 Å². The Morgan fingerprint density at radius 2 is 2.24 bits per heavy atom. The van der Waals surface area contributed by atoms with E-state index in [-0.39, 0.29) is 5.97 Å². The number of carbonyl (C=O) groups is 1. The molecule has 0 saturated heterocycles. The highest BCUT2D eigenvalue weighted by Crippen LogP contribution is 2.20. The van der Waals surface area contributed by atoms with E-state index in [1.807, 2.05) is 28.8 Å². The Morgan fingerprint density at radius 3 is 2.94 bits per heavy atom. The molecule has 4 heteroatoms. The molecule has 0 unspecified atom stereocenters. The summed E-state index contributed by atoms with van der Waals surface area (Å²) in [5.74, 6) is -0.376. The van der Waals surface area contributed by atoms with Crippen LogP contribution in [0.3, 0.4) is 0 Å². The van der Waals surface area contributed by atoms with E-state index in [1.165, 1.54) is 7.11 Å². The average molecular weight is 228 g/mol. The lowest BCUT2D eigenvalue weighted by atomic mass is 10.2. The van der Waals surface area contributed by atoms with Crippen LogP contribution in [0.1, 0.15) is 16.9 Å². The molecule has 86 valence electrons. The van der Waals surface area contributed by atoms with Crippen molar-refractivity contribution in [2.24, 2.45) is 0 Å². The Labute approximate surface area is 99.0 Å². The van der Waals surface area contributed by atoms with Gasteiger partial charge in [-0.25, -0.2) is 4.79 Å². The number of aromatic nitrogens is 1. The first-order valence-corrected chi connectivity index (χ1v) is 5.31. The maximum absolute atomic E-state index is 11.6. The second-order valence-corrected chi connectivity index (χ2v) is 3.64. The van der Waals surface area contributed by atoms with Gasteiger partial charge in [0.1, 0.15) is 5.69 Å². The molecule has 4 nitrogen and oxygen atoms in total. The first kappa shape index (κ1) is 11.2. The monoisotopic (exact) mass is 228 g/mol. The zero-order valence-corrected chi connectivity index (χ0v) is 9.51. The van der Waals surface area contributed by atoms with Crippen molar-refractivity contribution in [1.29, 1.82) is 5.26 Å². The van der Waals surface area contributed by atoms with E-state index in [4.69, 9.17) is 10.00 Å². The van der Waals surface area contributed by atoms with Gasteiger partial charge in [0.2, 0.25) is 0 Å². The number of para-hydroxylation sites is 1. The van der Waals surface area contributed by atoms with Crippen LogP contribution in [-0.4, -0.2) is 17.6 Å². The number of aryl methyl sites for hydroxylation is 1. The summed E-state index contributed by atoms with van der Waals surface area (Å²) in [7, 11) is 1.36. The summed E-state index contributed by atoms with van der Waals surface area (Å²) in [6.07, 6.45) is 0.364. The van der Waals surface area contributed by atoms with Crippen molar-refractivity contribution < 1.29 is 9.53 Å². The topological polar surface area (TPSA) is 55.0 Å². The standard InChI is InChI=1S/C13H12N2O2/c1-17-13(16)12-9-10-5-2-3-6-11(10)15(12)8-4-7-14/h2-3,5-6,9H,4,8H2,1H3. The maximum Gasteiger partial charge on any atom is 0.354 e. The molecule has 0 atom stereocenters. The smallest absolute Gasteiger partial charge is 0.354 e. The second-order valence-electron chi connectivity index (χ2n) is 3.64. The number of ether oxygens (including phenoxy) is 1. The summed E-state index contributed by atoms with van der Waals surface area (Å²) in [6, 6.07) is 11.6. The highest BCUT2D eigenvalue weighted by atomic mass is 16.5. The Balaban J connectivity index is 2.57. The van der Waals surface area contributed by atoms with Gasteiger partial charge in [-0.2, -0.15) is 5.26 Å². The summed E-state index contributed by atoms with van der Waals surface area (Å²) < 4.78 is 6.57. The fraction of sp³-hybridized carbons (Fsp3) is 0.231. The minimum absolute atomic E-state index is 0.364. The van der Waals surface area contributed by atoms with Gasteiger partial charge in [-0.3, -0.25) is 0 Å². The zero-order chi connectivity index (χ0) is 12.3. The number of nitriles is 1. The molecule has 0 aliphatic rings. The van der Waals surface area contributed by atoms with E-state index in [1.54, 1.807) is 6.07 Å². The van der Waals surface area contributed by atoms with Crippen molar-refractivity contribution in [1.82, 2.24) is 4.57 Å². The minimum Gasteiger partial charge on any atom is -0.464 e. The lowest BCUT2D eigenvalue weighted by molar-refractivity contribution is 0.0589. The predicted molar refractivity (Wildman–Crippen MR) is 63.5 cm³/mol. The quantitative estimate of drug-likeness (QED) is 0.757. The molecule has 1 aromatic heterocycles. The van der Waals surface area contributed by atoms with Gasteiger partial charge in [0.05, 0.1) is 19.6 Å². The van der Waals surface area contributed by atoms with Crippen LogP contribution in [0.4, 0.5) is 0 Å². The van der Waals surface area contributed by atoms with Crippen LogP contribution >= 0.6 is 0 Å². The molecule has 0 bridgehead atoms. The maximum atomic E-state index is 11.6. The van der Waals surface area contributed by atoms with E-state index in [0.717, 1.165) is 10.9 Å². The van der Waals surface area contributed by atoms with Crippen LogP contribution < -0.4 is 0 Å². The van der Waals surface area contributed by atoms with Gasteiger partial charge in [0.25, 0.3) is 0 Å². The number of esters is 1. The molecular formula is C13H12N2O2. The summed E-state index contributed by atoms with van der Waals surface area (Å²) in [4.78, 5) is 11.6. The predicted octanol–water partition coefficient (Wildman–Crippen LogP) is 2.34. The molecule has 17 heavy (non-hydrogen) atoms. The Kier molecular flexibility index (Phi) is 3.10. The van der Waals surface area contributed by atoms with Crippen molar-refractivity contribution >= 4 is 16.9 Å². The van der Waals surface area contributed by atoms with Gasteiger partial charge in [0.15, 0.2) is 0 Å². The molecular weight excluding hydrogens is 216 g/mol. The van der Waals surface area contributed by atoms with Gasteiger partial charge < -0.3 is 9.30 Å². The van der Waals surface area contributed by atoms with Crippen molar-refractivity contribution in [2.45, 2.75) is 13.0 Å². The third-order valence-electron chi connectivity index (χ3n) is 2.65. The third-order valence-corrected chi connectivity index (χ3v) is 2.65. The third kappa shape index (κ3) is 2.00. The van der Waals surface area contributed by atoms with Crippen LogP contribution in [0, 0.1) is 11.3 Å². The van der Waals surface area contributed by atoms with Crippen LogP contribution in [0.5, 0.6) is 0 Å². The molecule has 0 amide bonds. The molecule has 0 aliphatic heterocycles. The lowest BCUT2D eigenvalue weighted by Crippen LogP contribution is -2.10. The summed E-state index contributed by atoms with van der Waals surface area (Å²) >= 11 is 0. The van der Waals surface area contributed by atoms with Crippen molar-refractivity contribution in [3.05, 3.63) is 36.0 Å². The number of benzene rings is 1. The van der Waals surface area contributed by atoms with Crippen molar-refractivity contribution in [3.63, 3.8) is 0 Å². The molecule has 0 N–H and O–H groups in total. The number of hydrogen-bond donors (Lipinski definition) is 0. The second kappa shape index (κ2) is 4.71. The van der Waals surface area contributed by atoms with Gasteiger partial charge in [0, 0.05) is 17.4 Å². The molecule has 0 aliphatic carbocycles. The summed E-state index contributed by atoms with van der Waals surface area (Å²) in [6.45, 7) is 0.494. The number of methoxy groups -OCH3 is 1. The molecule has 0 spiro atoms. The van der Waals surface area contributed by atoms with Crippen LogP contribution in [0.2, 0.25) is 0 Å². The Bertz CT molecular complexity index is 593. The molecule has 1 aromatic carbocycles. The number of rotatable bonds is 3. The number of fused-ring (bicyclic) bond motifs is 1. The fourth-order valence-corrected chi connectivity index (χ4v) is 1.89. The molecule has 0 fully saturated rings. The number of nitrogens with zero attached hydrogens (tertiary/aromatic N) is 2. The summed E-state index contributed by atoms with van der Waals surface area (Å²) in [5.41, 5.74) is 1.44. The molecule has 2 aromatic rings. The number of hydrogen-bond acceptors (Lipinski definition) is 3. The van der Waals surface area contributed by atoms with E-state index in [0.29, 0.717) is 18.7 Å². The molecule has 1 heterocycles. The van der Waals surface area contributed by atoms with Crippen LogP contribution in [0.15, 0.2) is 30.3 Å². The zero-order valence-electron chi connectivity index (χ0n) is 9.51.